The van der Waals surface area contributed by atoms with E-state index >= 15 is 0 Å². The monoisotopic (exact) mass is 320 g/mol. The number of aromatic nitrogens is 2. The third-order valence-corrected chi connectivity index (χ3v) is 4.75. The van der Waals surface area contributed by atoms with Crippen molar-refractivity contribution in [1.29, 1.82) is 0 Å². The fraction of sp³-hybridized carbons (Fsp3) is 0.688. The molecule has 1 atom stereocenters. The first-order chi connectivity index (χ1) is 11.1. The molecule has 1 amide bonds. The van der Waals surface area contributed by atoms with Gasteiger partial charge in [0.1, 0.15) is 6.10 Å². The molecule has 2 aliphatic rings. The third-order valence-electron chi connectivity index (χ3n) is 4.75. The maximum absolute atomic E-state index is 12.0. The molecule has 1 aromatic heterocycles. The van der Waals surface area contributed by atoms with E-state index in [1.165, 1.54) is 6.42 Å². The summed E-state index contributed by atoms with van der Waals surface area (Å²) < 4.78 is 5.50. The van der Waals surface area contributed by atoms with Gasteiger partial charge in [0.05, 0.1) is 17.9 Å². The van der Waals surface area contributed by atoms with Crippen LogP contribution in [0.15, 0.2) is 11.0 Å². The van der Waals surface area contributed by atoms with Crippen LogP contribution in [0.1, 0.15) is 44.1 Å². The van der Waals surface area contributed by atoms with Crippen molar-refractivity contribution >= 4 is 11.8 Å². The SMILES string of the molecule is Cc1c(N2CC[C@@H](NC(=O)OC3CCCCC3)C2)cn[nH]c1=O. The zero-order valence-electron chi connectivity index (χ0n) is 13.5. The minimum Gasteiger partial charge on any atom is -0.446 e. The Morgan fingerprint density at radius 2 is 2.13 bits per heavy atom. The van der Waals surface area contributed by atoms with Crippen LogP contribution in [-0.2, 0) is 4.74 Å². The van der Waals surface area contributed by atoms with Crippen LogP contribution in [0.25, 0.3) is 0 Å². The summed E-state index contributed by atoms with van der Waals surface area (Å²) in [5.41, 5.74) is 1.32. The van der Waals surface area contributed by atoms with E-state index in [0.717, 1.165) is 44.3 Å². The van der Waals surface area contributed by atoms with Crippen molar-refractivity contribution in [2.75, 3.05) is 18.0 Å². The van der Waals surface area contributed by atoms with Crippen molar-refractivity contribution in [1.82, 2.24) is 15.5 Å². The lowest BCUT2D eigenvalue weighted by atomic mass is 9.98. The predicted molar refractivity (Wildman–Crippen MR) is 86.7 cm³/mol. The molecule has 1 aliphatic carbocycles. The Morgan fingerprint density at radius 1 is 1.35 bits per heavy atom. The van der Waals surface area contributed by atoms with Gasteiger partial charge in [-0.3, -0.25) is 4.79 Å². The smallest absolute Gasteiger partial charge is 0.407 e. The largest absolute Gasteiger partial charge is 0.446 e. The predicted octanol–water partition coefficient (Wildman–Crippen LogP) is 1.72. The van der Waals surface area contributed by atoms with Gasteiger partial charge in [-0.25, -0.2) is 9.89 Å². The Kier molecular flexibility index (Phi) is 4.83. The number of amides is 1. The quantitative estimate of drug-likeness (QED) is 0.885. The number of H-pyrrole nitrogens is 1. The standard InChI is InChI=1S/C16H24N4O3/c1-11-14(9-17-19-15(11)21)20-8-7-12(10-20)18-16(22)23-13-5-3-2-4-6-13/h9,12-13H,2-8,10H2,1H3,(H,18,22)(H,19,21)/t12-/m1/s1. The van der Waals surface area contributed by atoms with E-state index < -0.39 is 0 Å². The van der Waals surface area contributed by atoms with Crippen molar-refractivity contribution in [3.8, 4) is 0 Å². The number of aromatic amines is 1. The van der Waals surface area contributed by atoms with Gasteiger partial charge >= 0.3 is 6.09 Å². The van der Waals surface area contributed by atoms with E-state index in [1.807, 2.05) is 0 Å². The van der Waals surface area contributed by atoms with Gasteiger partial charge in [-0.1, -0.05) is 6.42 Å². The van der Waals surface area contributed by atoms with Crippen LogP contribution >= 0.6 is 0 Å². The summed E-state index contributed by atoms with van der Waals surface area (Å²) in [7, 11) is 0. The highest BCUT2D eigenvalue weighted by Gasteiger charge is 2.27. The van der Waals surface area contributed by atoms with Crippen molar-refractivity contribution in [2.45, 2.75) is 57.6 Å². The van der Waals surface area contributed by atoms with E-state index in [1.54, 1.807) is 13.1 Å². The van der Waals surface area contributed by atoms with Gasteiger partial charge in [-0.15, -0.1) is 0 Å². The fourth-order valence-corrected chi connectivity index (χ4v) is 3.40. The Labute approximate surface area is 135 Å². The minimum absolute atomic E-state index is 0.0461. The molecule has 7 nitrogen and oxygen atoms in total. The number of hydrogen-bond donors (Lipinski definition) is 2. The second-order valence-electron chi connectivity index (χ2n) is 6.45. The van der Waals surface area contributed by atoms with Gasteiger partial charge in [0.2, 0.25) is 0 Å². The van der Waals surface area contributed by atoms with Gasteiger partial charge in [0.25, 0.3) is 5.56 Å². The van der Waals surface area contributed by atoms with E-state index in [4.69, 9.17) is 4.74 Å². The molecule has 2 N–H and O–H groups in total. The second kappa shape index (κ2) is 7.02. The number of ether oxygens (including phenoxy) is 1. The molecule has 0 unspecified atom stereocenters. The zero-order valence-corrected chi connectivity index (χ0v) is 13.5. The normalized spacial score (nSPS) is 22.1. The van der Waals surface area contributed by atoms with Crippen molar-refractivity contribution < 1.29 is 9.53 Å². The topological polar surface area (TPSA) is 87.3 Å². The molecule has 126 valence electrons. The van der Waals surface area contributed by atoms with E-state index in [0.29, 0.717) is 12.1 Å². The number of nitrogens with one attached hydrogen (secondary N) is 2. The number of anilines is 1. The van der Waals surface area contributed by atoms with Crippen LogP contribution in [0.5, 0.6) is 0 Å². The summed E-state index contributed by atoms with van der Waals surface area (Å²) in [6.45, 7) is 3.25. The Bertz CT molecular complexity index is 610. The summed E-state index contributed by atoms with van der Waals surface area (Å²) in [4.78, 5) is 25.7. The highest BCUT2D eigenvalue weighted by Crippen LogP contribution is 2.22. The van der Waals surface area contributed by atoms with E-state index in [9.17, 15) is 9.59 Å². The molecular weight excluding hydrogens is 296 g/mol. The molecule has 1 aromatic rings. The summed E-state index contributed by atoms with van der Waals surface area (Å²) in [5, 5.41) is 9.24. The first-order valence-corrected chi connectivity index (χ1v) is 8.40. The Balaban J connectivity index is 1.52. The number of carbonyl (C=O) groups is 1. The van der Waals surface area contributed by atoms with Crippen LogP contribution in [0.4, 0.5) is 10.5 Å². The molecule has 23 heavy (non-hydrogen) atoms. The lowest BCUT2D eigenvalue weighted by molar-refractivity contribution is 0.0734. The highest BCUT2D eigenvalue weighted by molar-refractivity contribution is 5.68. The highest BCUT2D eigenvalue weighted by atomic mass is 16.6. The summed E-state index contributed by atoms with van der Waals surface area (Å²) in [6, 6.07) is 0.0461. The molecule has 3 rings (SSSR count). The number of hydrogen-bond acceptors (Lipinski definition) is 5. The van der Waals surface area contributed by atoms with Gasteiger partial charge in [0.15, 0.2) is 0 Å². The Hall–Kier alpha value is -2.05. The molecule has 1 aliphatic heterocycles. The maximum atomic E-state index is 12.0. The lowest BCUT2D eigenvalue weighted by Gasteiger charge is -2.23. The second-order valence-corrected chi connectivity index (χ2v) is 6.45. The van der Waals surface area contributed by atoms with Crippen LogP contribution in [0.2, 0.25) is 0 Å². The van der Waals surface area contributed by atoms with Gasteiger partial charge in [-0.2, -0.15) is 5.10 Å². The fourth-order valence-electron chi connectivity index (χ4n) is 3.40. The van der Waals surface area contributed by atoms with Gasteiger partial charge < -0.3 is 15.0 Å². The number of alkyl carbamates (subject to hydrolysis) is 1. The number of carbonyl (C=O) groups excluding carboxylic acids is 1. The summed E-state index contributed by atoms with van der Waals surface area (Å²) in [5.74, 6) is 0. The maximum Gasteiger partial charge on any atom is 0.407 e. The molecule has 0 aromatic carbocycles. The van der Waals surface area contributed by atoms with Crippen molar-refractivity contribution in [3.63, 3.8) is 0 Å². The minimum atomic E-state index is -0.315. The van der Waals surface area contributed by atoms with Crippen LogP contribution in [-0.4, -0.2) is 41.5 Å². The zero-order chi connectivity index (χ0) is 16.2. The molecule has 2 fully saturated rings. The van der Waals surface area contributed by atoms with Crippen molar-refractivity contribution in [2.24, 2.45) is 0 Å². The number of nitrogens with zero attached hydrogens (tertiary/aromatic N) is 2. The average molecular weight is 320 g/mol. The van der Waals surface area contributed by atoms with Crippen LogP contribution < -0.4 is 15.8 Å². The molecule has 0 radical (unpaired) electrons. The summed E-state index contributed by atoms with van der Waals surface area (Å²) >= 11 is 0. The first kappa shape index (κ1) is 15.8. The number of rotatable bonds is 3. The van der Waals surface area contributed by atoms with Gasteiger partial charge in [-0.05, 0) is 39.0 Å². The lowest BCUT2D eigenvalue weighted by Crippen LogP contribution is -2.39. The molecular formula is C16H24N4O3. The molecule has 1 saturated heterocycles. The molecule has 0 bridgehead atoms. The average Bonchev–Trinajstić information content (AvgIpc) is 2.99. The summed E-state index contributed by atoms with van der Waals surface area (Å²) in [6.07, 6.45) is 7.73. The Morgan fingerprint density at radius 3 is 2.91 bits per heavy atom. The molecule has 1 saturated carbocycles. The van der Waals surface area contributed by atoms with Crippen molar-refractivity contribution in [3.05, 3.63) is 22.1 Å². The molecule has 7 heteroatoms. The van der Waals surface area contributed by atoms with E-state index in [2.05, 4.69) is 20.4 Å². The van der Waals surface area contributed by atoms with Crippen LogP contribution in [0, 0.1) is 6.92 Å². The molecule has 0 spiro atoms. The third kappa shape index (κ3) is 3.83. The van der Waals surface area contributed by atoms with E-state index in [-0.39, 0.29) is 23.8 Å². The molecule has 2 heterocycles. The van der Waals surface area contributed by atoms with Gasteiger partial charge in [0, 0.05) is 18.7 Å². The van der Waals surface area contributed by atoms with Crippen LogP contribution in [0.3, 0.4) is 0 Å². The first-order valence-electron chi connectivity index (χ1n) is 8.40.